The zero-order chi connectivity index (χ0) is 23.8. The quantitative estimate of drug-likeness (QED) is 0.356. The van der Waals surface area contributed by atoms with Crippen LogP contribution in [0.5, 0.6) is 5.19 Å². The Labute approximate surface area is 203 Å². The number of piperidine rings is 1. The lowest BCUT2D eigenvalue weighted by Gasteiger charge is -2.33. The number of hydrogen-bond donors (Lipinski definition) is 0. The second kappa shape index (κ2) is 9.29. The van der Waals surface area contributed by atoms with Gasteiger partial charge in [0.15, 0.2) is 5.82 Å². The minimum atomic E-state index is 0.0691. The normalized spacial score (nSPS) is 15.9. The topological polar surface area (TPSA) is 90.1 Å². The predicted molar refractivity (Wildman–Crippen MR) is 134 cm³/mol. The van der Waals surface area contributed by atoms with Gasteiger partial charge in [0, 0.05) is 36.0 Å². The standard InChI is InChI=1S/C25H30N6O2S/c1-14(2)22-29-24(33-30-22)31-12-10-18(11-13-31)17(5)32-25-28-21-9-8-20(27-23(21)34-25)19-7-6-15(3)26-16(19)4/h6-9,14,17-18H,10-13H2,1-5H3. The third-order valence-corrected chi connectivity index (χ3v) is 7.30. The highest BCUT2D eigenvalue weighted by Crippen LogP contribution is 2.33. The molecule has 5 heterocycles. The van der Waals surface area contributed by atoms with Crippen molar-refractivity contribution >= 4 is 27.7 Å². The molecule has 0 aromatic carbocycles. The fourth-order valence-corrected chi connectivity index (χ4v) is 5.23. The molecule has 5 rings (SSSR count). The summed E-state index contributed by atoms with van der Waals surface area (Å²) in [4.78, 5) is 21.7. The third kappa shape index (κ3) is 4.61. The van der Waals surface area contributed by atoms with Gasteiger partial charge in [-0.25, -0.2) is 9.97 Å². The van der Waals surface area contributed by atoms with E-state index in [0.29, 0.717) is 17.1 Å². The van der Waals surface area contributed by atoms with Crippen molar-refractivity contribution in [3.63, 3.8) is 0 Å². The van der Waals surface area contributed by atoms with E-state index >= 15 is 0 Å². The molecule has 1 atom stereocenters. The zero-order valence-corrected chi connectivity index (χ0v) is 21.1. The summed E-state index contributed by atoms with van der Waals surface area (Å²) in [6, 6.07) is 8.75. The number of aromatic nitrogens is 5. The van der Waals surface area contributed by atoms with Gasteiger partial charge in [-0.05, 0) is 63.8 Å². The minimum absolute atomic E-state index is 0.0691. The smallest absolute Gasteiger partial charge is 0.324 e. The molecule has 0 aliphatic carbocycles. The lowest BCUT2D eigenvalue weighted by Crippen LogP contribution is -2.38. The summed E-state index contributed by atoms with van der Waals surface area (Å²) in [5.74, 6) is 1.47. The fourth-order valence-electron chi connectivity index (χ4n) is 4.36. The molecule has 1 aliphatic rings. The number of ether oxygens (including phenoxy) is 1. The van der Waals surface area contributed by atoms with Crippen molar-refractivity contribution in [3.8, 4) is 16.5 Å². The van der Waals surface area contributed by atoms with Crippen molar-refractivity contribution in [1.29, 1.82) is 0 Å². The van der Waals surface area contributed by atoms with Gasteiger partial charge in [-0.3, -0.25) is 4.98 Å². The Kier molecular flexibility index (Phi) is 6.20. The molecule has 1 aliphatic heterocycles. The van der Waals surface area contributed by atoms with Crippen LogP contribution in [0.25, 0.3) is 21.6 Å². The van der Waals surface area contributed by atoms with Crippen LogP contribution in [0.2, 0.25) is 0 Å². The van der Waals surface area contributed by atoms with Crippen molar-refractivity contribution < 1.29 is 9.26 Å². The van der Waals surface area contributed by atoms with E-state index in [1.165, 1.54) is 11.3 Å². The molecule has 1 saturated heterocycles. The molecule has 1 fully saturated rings. The summed E-state index contributed by atoms with van der Waals surface area (Å²) in [7, 11) is 0. The van der Waals surface area contributed by atoms with Crippen LogP contribution in [0.3, 0.4) is 0 Å². The molecule has 4 aromatic rings. The van der Waals surface area contributed by atoms with Gasteiger partial charge in [0.25, 0.3) is 5.19 Å². The van der Waals surface area contributed by atoms with E-state index in [1.54, 1.807) is 0 Å². The molecular weight excluding hydrogens is 448 g/mol. The number of aryl methyl sites for hydroxylation is 2. The Bertz CT molecular complexity index is 1290. The van der Waals surface area contributed by atoms with Gasteiger partial charge in [0.1, 0.15) is 16.5 Å². The Hall–Kier alpha value is -3.07. The molecule has 178 valence electrons. The number of rotatable bonds is 6. The van der Waals surface area contributed by atoms with Crippen LogP contribution in [0.4, 0.5) is 6.01 Å². The third-order valence-electron chi connectivity index (χ3n) is 6.45. The van der Waals surface area contributed by atoms with E-state index in [-0.39, 0.29) is 12.0 Å². The SMILES string of the molecule is Cc1ccc(-c2ccc3nc(OC(C)C4CCN(c5nc(C(C)C)no5)CC4)sc3n2)c(C)n1. The molecule has 9 heteroatoms. The molecule has 0 amide bonds. The highest BCUT2D eigenvalue weighted by Gasteiger charge is 2.28. The highest BCUT2D eigenvalue weighted by atomic mass is 32.1. The summed E-state index contributed by atoms with van der Waals surface area (Å²) < 4.78 is 11.7. The van der Waals surface area contributed by atoms with Crippen LogP contribution in [0.15, 0.2) is 28.8 Å². The van der Waals surface area contributed by atoms with Crippen LogP contribution in [0.1, 0.15) is 56.7 Å². The van der Waals surface area contributed by atoms with Crippen molar-refractivity contribution in [2.45, 2.75) is 59.5 Å². The molecular formula is C25H30N6O2S. The maximum Gasteiger partial charge on any atom is 0.324 e. The van der Waals surface area contributed by atoms with Crippen molar-refractivity contribution in [1.82, 2.24) is 25.1 Å². The first kappa shape index (κ1) is 22.7. The molecule has 1 unspecified atom stereocenters. The van der Waals surface area contributed by atoms with E-state index < -0.39 is 0 Å². The van der Waals surface area contributed by atoms with Gasteiger partial charge in [-0.1, -0.05) is 30.3 Å². The summed E-state index contributed by atoms with van der Waals surface area (Å²) in [5, 5.41) is 4.76. The number of nitrogens with zero attached hydrogens (tertiary/aromatic N) is 6. The monoisotopic (exact) mass is 478 g/mol. The summed E-state index contributed by atoms with van der Waals surface area (Å²) >= 11 is 1.50. The van der Waals surface area contributed by atoms with Gasteiger partial charge in [-0.15, -0.1) is 0 Å². The molecule has 0 radical (unpaired) electrons. The summed E-state index contributed by atoms with van der Waals surface area (Å²) in [5.41, 5.74) is 4.81. The van der Waals surface area contributed by atoms with E-state index in [2.05, 4.69) is 51.8 Å². The van der Waals surface area contributed by atoms with E-state index in [1.807, 2.05) is 32.0 Å². The summed E-state index contributed by atoms with van der Waals surface area (Å²) in [6.07, 6.45) is 2.08. The maximum absolute atomic E-state index is 6.29. The van der Waals surface area contributed by atoms with Crippen LogP contribution >= 0.6 is 11.3 Å². The Morgan fingerprint density at radius 2 is 1.79 bits per heavy atom. The first-order valence-electron chi connectivity index (χ1n) is 11.8. The number of thiazole rings is 1. The Morgan fingerprint density at radius 1 is 1.00 bits per heavy atom. The van der Waals surface area contributed by atoms with Crippen LogP contribution in [-0.4, -0.2) is 44.3 Å². The lowest BCUT2D eigenvalue weighted by atomic mass is 9.92. The van der Waals surface area contributed by atoms with Gasteiger partial charge >= 0.3 is 6.01 Å². The molecule has 0 bridgehead atoms. The number of anilines is 1. The first-order chi connectivity index (χ1) is 16.4. The predicted octanol–water partition coefficient (Wildman–Crippen LogP) is 5.56. The molecule has 0 saturated carbocycles. The maximum atomic E-state index is 6.29. The van der Waals surface area contributed by atoms with Crippen molar-refractivity contribution in [2.75, 3.05) is 18.0 Å². The van der Waals surface area contributed by atoms with Gasteiger partial charge in [-0.2, -0.15) is 4.98 Å². The van der Waals surface area contributed by atoms with Crippen molar-refractivity contribution in [3.05, 3.63) is 41.5 Å². The van der Waals surface area contributed by atoms with Crippen LogP contribution in [0, 0.1) is 19.8 Å². The number of pyridine rings is 2. The van der Waals surface area contributed by atoms with Gasteiger partial charge in [0.2, 0.25) is 0 Å². The second-order valence-corrected chi connectivity index (χ2v) is 10.3. The average molecular weight is 479 g/mol. The van der Waals surface area contributed by atoms with E-state index in [0.717, 1.165) is 64.7 Å². The molecule has 0 spiro atoms. The van der Waals surface area contributed by atoms with Gasteiger partial charge in [0.05, 0.1) is 5.69 Å². The van der Waals surface area contributed by atoms with E-state index in [9.17, 15) is 0 Å². The molecule has 8 nitrogen and oxygen atoms in total. The molecule has 4 aromatic heterocycles. The molecule has 34 heavy (non-hydrogen) atoms. The second-order valence-electron chi connectivity index (χ2n) is 9.32. The van der Waals surface area contributed by atoms with Crippen LogP contribution in [-0.2, 0) is 0 Å². The molecule has 0 N–H and O–H groups in total. The average Bonchev–Trinajstić information content (AvgIpc) is 3.46. The van der Waals surface area contributed by atoms with Crippen LogP contribution < -0.4 is 9.64 Å². The Morgan fingerprint density at radius 3 is 2.50 bits per heavy atom. The largest absolute Gasteiger partial charge is 0.467 e. The zero-order valence-electron chi connectivity index (χ0n) is 20.3. The fraction of sp³-hybridized carbons (Fsp3) is 0.480. The number of hydrogen-bond acceptors (Lipinski definition) is 9. The number of fused-ring (bicyclic) bond motifs is 1. The highest BCUT2D eigenvalue weighted by molar-refractivity contribution is 7.19. The van der Waals surface area contributed by atoms with E-state index in [4.69, 9.17) is 14.2 Å². The summed E-state index contributed by atoms with van der Waals surface area (Å²) in [6.45, 7) is 12.1. The first-order valence-corrected chi connectivity index (χ1v) is 12.7. The van der Waals surface area contributed by atoms with Gasteiger partial charge < -0.3 is 14.2 Å². The Balaban J connectivity index is 1.23. The van der Waals surface area contributed by atoms with Crippen molar-refractivity contribution in [2.24, 2.45) is 5.92 Å². The minimum Gasteiger partial charge on any atom is -0.467 e. The lowest BCUT2D eigenvalue weighted by molar-refractivity contribution is 0.131.